The van der Waals surface area contributed by atoms with Crippen LogP contribution in [0.15, 0.2) is 28.8 Å². The molecule has 1 saturated heterocycles. The molecule has 164 valence electrons. The molecular weight excluding hydrogens is 398 g/mol. The summed E-state index contributed by atoms with van der Waals surface area (Å²) in [5.74, 6) is 1.11. The van der Waals surface area contributed by atoms with Crippen molar-refractivity contribution in [2.24, 2.45) is 0 Å². The van der Waals surface area contributed by atoms with Crippen molar-refractivity contribution in [3.8, 4) is 0 Å². The highest BCUT2D eigenvalue weighted by Gasteiger charge is 2.23. The van der Waals surface area contributed by atoms with Gasteiger partial charge in [-0.1, -0.05) is 0 Å². The molecule has 1 aliphatic heterocycles. The molecular formula is C22H27N5O4. The van der Waals surface area contributed by atoms with Gasteiger partial charge in [-0.05, 0) is 32.4 Å². The van der Waals surface area contributed by atoms with Crippen LogP contribution in [0, 0.1) is 13.8 Å². The van der Waals surface area contributed by atoms with Crippen molar-refractivity contribution < 1.29 is 18.7 Å². The van der Waals surface area contributed by atoms with Crippen molar-refractivity contribution in [3.63, 3.8) is 0 Å². The third kappa shape index (κ3) is 4.77. The van der Waals surface area contributed by atoms with E-state index in [0.717, 1.165) is 42.3 Å². The highest BCUT2D eigenvalue weighted by Crippen LogP contribution is 2.17. The van der Waals surface area contributed by atoms with Crippen molar-refractivity contribution in [2.45, 2.75) is 40.3 Å². The fourth-order valence-corrected chi connectivity index (χ4v) is 3.85. The van der Waals surface area contributed by atoms with E-state index in [9.17, 15) is 9.59 Å². The quantitative estimate of drug-likeness (QED) is 0.579. The molecule has 0 N–H and O–H groups in total. The summed E-state index contributed by atoms with van der Waals surface area (Å²) in [7, 11) is 0. The van der Waals surface area contributed by atoms with Crippen LogP contribution in [0.1, 0.15) is 46.6 Å². The summed E-state index contributed by atoms with van der Waals surface area (Å²) in [6, 6.07) is 5.63. The zero-order valence-electron chi connectivity index (χ0n) is 18.1. The highest BCUT2D eigenvalue weighted by molar-refractivity contribution is 5.95. The predicted octanol–water partition coefficient (Wildman–Crippen LogP) is 2.35. The second-order valence-electron chi connectivity index (χ2n) is 7.88. The zero-order chi connectivity index (χ0) is 22.0. The van der Waals surface area contributed by atoms with Gasteiger partial charge in [-0.2, -0.15) is 5.10 Å². The number of carbonyl (C=O) groups is 2. The number of amides is 1. The fraction of sp³-hybridized carbons (Fsp3) is 0.455. The highest BCUT2D eigenvalue weighted by atomic mass is 16.5. The number of fused-ring (bicyclic) bond motifs is 1. The number of ether oxygens (including phenoxy) is 1. The van der Waals surface area contributed by atoms with Gasteiger partial charge in [-0.25, -0.2) is 9.50 Å². The van der Waals surface area contributed by atoms with Gasteiger partial charge < -0.3 is 14.1 Å². The maximum atomic E-state index is 13.2. The van der Waals surface area contributed by atoms with Gasteiger partial charge in [0.1, 0.15) is 18.1 Å². The van der Waals surface area contributed by atoms with Gasteiger partial charge in [0.05, 0.1) is 23.5 Å². The number of rotatable bonds is 5. The van der Waals surface area contributed by atoms with Crippen molar-refractivity contribution in [2.75, 3.05) is 26.2 Å². The Morgan fingerprint density at radius 3 is 2.74 bits per heavy atom. The molecule has 4 heterocycles. The molecule has 0 radical (unpaired) electrons. The summed E-state index contributed by atoms with van der Waals surface area (Å²) < 4.78 is 12.5. The number of carbonyl (C=O) groups excluding carboxylic acids is 2. The first kappa shape index (κ1) is 21.0. The lowest BCUT2D eigenvalue weighted by Crippen LogP contribution is -2.35. The zero-order valence-corrected chi connectivity index (χ0v) is 18.1. The minimum Gasteiger partial charge on any atom is -0.461 e. The van der Waals surface area contributed by atoms with Crippen LogP contribution in [-0.4, -0.2) is 62.5 Å². The van der Waals surface area contributed by atoms with Gasteiger partial charge in [0.2, 0.25) is 0 Å². The van der Waals surface area contributed by atoms with Crippen LogP contribution in [0.3, 0.4) is 0 Å². The molecule has 1 fully saturated rings. The van der Waals surface area contributed by atoms with Crippen LogP contribution in [0.4, 0.5) is 0 Å². The number of hydrogen-bond donors (Lipinski definition) is 0. The molecule has 0 aliphatic carbocycles. The Morgan fingerprint density at radius 2 is 1.94 bits per heavy atom. The first-order valence-electron chi connectivity index (χ1n) is 10.5. The Labute approximate surface area is 180 Å². The lowest BCUT2D eigenvalue weighted by Gasteiger charge is -2.22. The van der Waals surface area contributed by atoms with Gasteiger partial charge in [0, 0.05) is 45.4 Å². The molecule has 0 spiro atoms. The maximum Gasteiger partial charge on any atom is 0.303 e. The predicted molar refractivity (Wildman–Crippen MR) is 112 cm³/mol. The molecule has 3 aromatic heterocycles. The molecule has 9 heteroatoms. The molecule has 3 aromatic rings. The van der Waals surface area contributed by atoms with E-state index in [1.165, 1.54) is 6.92 Å². The largest absolute Gasteiger partial charge is 0.461 e. The monoisotopic (exact) mass is 425 g/mol. The van der Waals surface area contributed by atoms with E-state index in [1.807, 2.05) is 36.9 Å². The van der Waals surface area contributed by atoms with Crippen LogP contribution in [0.5, 0.6) is 0 Å². The Kier molecular flexibility index (Phi) is 6.03. The molecule has 0 unspecified atom stereocenters. The minimum absolute atomic E-state index is 0.0106. The first-order chi connectivity index (χ1) is 14.9. The minimum atomic E-state index is -0.331. The van der Waals surface area contributed by atoms with Gasteiger partial charge in [0.15, 0.2) is 5.65 Å². The SMILES string of the molecule is CC(=O)OCc1ccc(CN2CCCN(C(=O)c3cnc4cc(C)nn4c3C)CC2)o1. The Bertz CT molecular complexity index is 1100. The molecule has 9 nitrogen and oxygen atoms in total. The number of aromatic nitrogens is 3. The van der Waals surface area contributed by atoms with Gasteiger partial charge in [-0.3, -0.25) is 14.5 Å². The lowest BCUT2D eigenvalue weighted by atomic mass is 10.2. The Hall–Kier alpha value is -3.20. The standard InChI is InChI=1S/C22H27N5O4/c1-15-11-21-23-12-20(16(2)27(21)24-15)22(29)26-8-4-7-25(9-10-26)13-18-5-6-19(31-18)14-30-17(3)28/h5-6,11-12H,4,7-10,13-14H2,1-3H3. The fourth-order valence-electron chi connectivity index (χ4n) is 3.85. The topological polar surface area (TPSA) is 93.2 Å². The van der Waals surface area contributed by atoms with Gasteiger partial charge >= 0.3 is 5.97 Å². The van der Waals surface area contributed by atoms with E-state index in [4.69, 9.17) is 9.15 Å². The summed E-state index contributed by atoms with van der Waals surface area (Å²) in [6.07, 6.45) is 2.53. The van der Waals surface area contributed by atoms with Crippen molar-refractivity contribution in [3.05, 3.63) is 52.9 Å². The molecule has 4 rings (SSSR count). The number of aryl methyl sites for hydroxylation is 2. The summed E-state index contributed by atoms with van der Waals surface area (Å²) in [5.41, 5.74) is 3.02. The number of furan rings is 1. The normalized spacial score (nSPS) is 15.3. The number of nitrogens with zero attached hydrogens (tertiary/aromatic N) is 5. The smallest absolute Gasteiger partial charge is 0.303 e. The molecule has 1 aliphatic rings. The van der Waals surface area contributed by atoms with E-state index < -0.39 is 0 Å². The second-order valence-corrected chi connectivity index (χ2v) is 7.88. The number of esters is 1. The molecule has 31 heavy (non-hydrogen) atoms. The van der Waals surface area contributed by atoms with E-state index in [2.05, 4.69) is 15.0 Å². The molecule has 0 atom stereocenters. The molecule has 1 amide bonds. The van der Waals surface area contributed by atoms with Crippen LogP contribution in [0.25, 0.3) is 5.65 Å². The third-order valence-electron chi connectivity index (χ3n) is 5.47. The second kappa shape index (κ2) is 8.89. The lowest BCUT2D eigenvalue weighted by molar-refractivity contribution is -0.142. The van der Waals surface area contributed by atoms with Crippen LogP contribution < -0.4 is 0 Å². The van der Waals surface area contributed by atoms with Crippen molar-refractivity contribution in [1.29, 1.82) is 0 Å². The average Bonchev–Trinajstić information content (AvgIpc) is 3.26. The summed E-state index contributed by atoms with van der Waals surface area (Å²) in [6.45, 7) is 8.95. The van der Waals surface area contributed by atoms with Crippen LogP contribution in [-0.2, 0) is 22.7 Å². The van der Waals surface area contributed by atoms with Crippen LogP contribution in [0.2, 0.25) is 0 Å². The Balaban J connectivity index is 1.38. The summed E-state index contributed by atoms with van der Waals surface area (Å²) in [4.78, 5) is 32.7. The van der Waals surface area contributed by atoms with Gasteiger partial charge in [0.25, 0.3) is 5.91 Å². The van der Waals surface area contributed by atoms with Crippen LogP contribution >= 0.6 is 0 Å². The van der Waals surface area contributed by atoms with E-state index >= 15 is 0 Å². The van der Waals surface area contributed by atoms with E-state index in [1.54, 1.807) is 10.7 Å². The van der Waals surface area contributed by atoms with Crippen molar-refractivity contribution >= 4 is 17.5 Å². The molecule has 0 saturated carbocycles. The van der Waals surface area contributed by atoms with E-state index in [-0.39, 0.29) is 18.5 Å². The summed E-state index contributed by atoms with van der Waals surface area (Å²) in [5, 5.41) is 4.44. The van der Waals surface area contributed by atoms with E-state index in [0.29, 0.717) is 31.0 Å². The first-order valence-corrected chi connectivity index (χ1v) is 10.5. The Morgan fingerprint density at radius 1 is 1.13 bits per heavy atom. The van der Waals surface area contributed by atoms with Crippen molar-refractivity contribution in [1.82, 2.24) is 24.4 Å². The maximum absolute atomic E-state index is 13.2. The molecule has 0 bridgehead atoms. The molecule has 0 aromatic carbocycles. The summed E-state index contributed by atoms with van der Waals surface area (Å²) >= 11 is 0. The van der Waals surface area contributed by atoms with Gasteiger partial charge in [-0.15, -0.1) is 0 Å². The third-order valence-corrected chi connectivity index (χ3v) is 5.47. The average molecular weight is 425 g/mol. The number of hydrogen-bond acceptors (Lipinski definition) is 7.